The van der Waals surface area contributed by atoms with Gasteiger partial charge in [0, 0.05) is 30.2 Å². The van der Waals surface area contributed by atoms with Crippen LogP contribution in [0.2, 0.25) is 5.02 Å². The highest BCUT2D eigenvalue weighted by atomic mass is 35.5. The van der Waals surface area contributed by atoms with Gasteiger partial charge in [-0.3, -0.25) is 0 Å². The standard InChI is InChI=1S/C24H21ClN6O/c25-19-8-14(6-7-21(19)32-15-4-2-1-3-5-15)30-24-16-9-22(27-10-20(16)28-13-29-24)31-11-17-18(12-31)23(17)26/h1-10,13,17-18,23H,11-12,26H2,(H,28,29,30). The molecule has 1 aliphatic carbocycles. The molecule has 0 radical (unpaired) electrons. The van der Waals surface area contributed by atoms with E-state index in [4.69, 9.17) is 22.1 Å². The molecule has 2 aromatic heterocycles. The number of halogens is 1. The summed E-state index contributed by atoms with van der Waals surface area (Å²) in [5.41, 5.74) is 7.67. The average molecular weight is 445 g/mol. The predicted molar refractivity (Wildman–Crippen MR) is 126 cm³/mol. The Morgan fingerprint density at radius 1 is 1.00 bits per heavy atom. The number of hydrogen-bond donors (Lipinski definition) is 2. The van der Waals surface area contributed by atoms with Crippen LogP contribution in [0.1, 0.15) is 0 Å². The normalized spacial score (nSPS) is 21.4. The van der Waals surface area contributed by atoms with Gasteiger partial charge in [0.15, 0.2) is 0 Å². The fraction of sp³-hybridized carbons (Fsp3) is 0.208. The Kier molecular flexibility index (Phi) is 4.59. The van der Waals surface area contributed by atoms with E-state index >= 15 is 0 Å². The molecule has 0 bridgehead atoms. The largest absolute Gasteiger partial charge is 0.456 e. The molecule has 1 aliphatic heterocycles. The number of pyridine rings is 1. The van der Waals surface area contributed by atoms with Crippen LogP contribution in [-0.4, -0.2) is 34.1 Å². The second-order valence-electron chi connectivity index (χ2n) is 8.28. The first-order valence-corrected chi connectivity index (χ1v) is 10.9. The zero-order chi connectivity index (χ0) is 21.7. The second-order valence-corrected chi connectivity index (χ2v) is 8.68. The molecular formula is C24H21ClN6O. The highest BCUT2D eigenvalue weighted by Crippen LogP contribution is 2.45. The van der Waals surface area contributed by atoms with Crippen LogP contribution in [0.25, 0.3) is 10.9 Å². The molecule has 2 aliphatic rings. The van der Waals surface area contributed by atoms with E-state index in [9.17, 15) is 0 Å². The monoisotopic (exact) mass is 444 g/mol. The fourth-order valence-corrected chi connectivity index (χ4v) is 4.61. The van der Waals surface area contributed by atoms with Gasteiger partial charge in [-0.2, -0.15) is 0 Å². The third kappa shape index (κ3) is 3.49. The third-order valence-electron chi connectivity index (χ3n) is 6.26. The topological polar surface area (TPSA) is 89.2 Å². The summed E-state index contributed by atoms with van der Waals surface area (Å²) < 4.78 is 5.87. The summed E-state index contributed by atoms with van der Waals surface area (Å²) >= 11 is 6.48. The molecule has 6 rings (SSSR count). The Morgan fingerprint density at radius 2 is 1.81 bits per heavy atom. The molecular weight excluding hydrogens is 424 g/mol. The van der Waals surface area contributed by atoms with E-state index in [0.717, 1.165) is 41.2 Å². The Labute approximate surface area is 190 Å². The number of nitrogens with zero attached hydrogens (tertiary/aromatic N) is 4. The van der Waals surface area contributed by atoms with Crippen molar-refractivity contribution in [2.45, 2.75) is 6.04 Å². The molecule has 160 valence electrons. The van der Waals surface area contributed by atoms with Gasteiger partial charge in [0.1, 0.15) is 29.5 Å². The van der Waals surface area contributed by atoms with E-state index in [1.165, 1.54) is 6.33 Å². The number of ether oxygens (including phenoxy) is 1. The summed E-state index contributed by atoms with van der Waals surface area (Å²) in [6.07, 6.45) is 3.33. The van der Waals surface area contributed by atoms with Crippen molar-refractivity contribution in [2.24, 2.45) is 17.6 Å². The molecule has 0 spiro atoms. The van der Waals surface area contributed by atoms with Crippen molar-refractivity contribution in [1.82, 2.24) is 15.0 Å². The minimum absolute atomic E-state index is 0.353. The Morgan fingerprint density at radius 3 is 2.59 bits per heavy atom. The Bertz CT molecular complexity index is 1290. The van der Waals surface area contributed by atoms with Gasteiger partial charge in [0.25, 0.3) is 0 Å². The maximum absolute atomic E-state index is 6.48. The number of aromatic nitrogens is 3. The van der Waals surface area contributed by atoms with Crippen molar-refractivity contribution >= 4 is 39.8 Å². The number of hydrogen-bond acceptors (Lipinski definition) is 7. The first-order valence-electron chi connectivity index (χ1n) is 10.6. The zero-order valence-corrected chi connectivity index (χ0v) is 17.9. The summed E-state index contributed by atoms with van der Waals surface area (Å²) in [6, 6.07) is 17.5. The van der Waals surface area contributed by atoms with Crippen LogP contribution in [0.3, 0.4) is 0 Å². The second kappa shape index (κ2) is 7.62. The molecule has 7 nitrogen and oxygen atoms in total. The number of nitrogens with one attached hydrogen (secondary N) is 1. The zero-order valence-electron chi connectivity index (χ0n) is 17.1. The average Bonchev–Trinajstić information content (AvgIpc) is 3.20. The van der Waals surface area contributed by atoms with Crippen LogP contribution in [0.5, 0.6) is 11.5 Å². The van der Waals surface area contributed by atoms with Gasteiger partial charge in [-0.15, -0.1) is 0 Å². The van der Waals surface area contributed by atoms with Gasteiger partial charge in [0.2, 0.25) is 0 Å². The Hall–Kier alpha value is -3.42. The molecule has 1 saturated carbocycles. The highest BCUT2D eigenvalue weighted by molar-refractivity contribution is 6.32. The summed E-state index contributed by atoms with van der Waals surface area (Å²) in [4.78, 5) is 15.7. The van der Waals surface area contributed by atoms with E-state index in [1.54, 1.807) is 6.20 Å². The molecule has 8 heteroatoms. The quantitative estimate of drug-likeness (QED) is 0.464. The molecule has 2 atom stereocenters. The number of rotatable bonds is 5. The number of piperidine rings is 1. The van der Waals surface area contributed by atoms with Crippen LogP contribution in [0.15, 0.2) is 67.1 Å². The van der Waals surface area contributed by atoms with Gasteiger partial charge in [-0.25, -0.2) is 15.0 Å². The first-order chi connectivity index (χ1) is 15.7. The van der Waals surface area contributed by atoms with Crippen molar-refractivity contribution in [3.05, 3.63) is 72.1 Å². The van der Waals surface area contributed by atoms with E-state index in [1.807, 2.05) is 54.6 Å². The van der Waals surface area contributed by atoms with Crippen molar-refractivity contribution in [3.8, 4) is 11.5 Å². The van der Waals surface area contributed by atoms with Gasteiger partial charge >= 0.3 is 0 Å². The minimum atomic E-state index is 0.353. The van der Waals surface area contributed by atoms with Gasteiger partial charge in [-0.1, -0.05) is 29.8 Å². The van der Waals surface area contributed by atoms with Crippen molar-refractivity contribution in [2.75, 3.05) is 23.3 Å². The number of nitrogens with two attached hydrogens (primary N) is 1. The van der Waals surface area contributed by atoms with E-state index in [2.05, 4.69) is 25.2 Å². The van der Waals surface area contributed by atoms with Crippen LogP contribution in [0.4, 0.5) is 17.3 Å². The lowest BCUT2D eigenvalue weighted by molar-refractivity contribution is 0.483. The number of benzene rings is 2. The van der Waals surface area contributed by atoms with Crippen LogP contribution >= 0.6 is 11.6 Å². The predicted octanol–water partition coefficient (Wildman–Crippen LogP) is 4.61. The molecule has 2 unspecified atom stereocenters. The van der Waals surface area contributed by atoms with Crippen molar-refractivity contribution in [1.29, 1.82) is 0 Å². The number of fused-ring (bicyclic) bond motifs is 2. The molecule has 0 amide bonds. The summed E-state index contributed by atoms with van der Waals surface area (Å²) in [5.74, 6) is 4.14. The lowest BCUT2D eigenvalue weighted by atomic mass is 10.2. The third-order valence-corrected chi connectivity index (χ3v) is 6.55. The van der Waals surface area contributed by atoms with E-state index < -0.39 is 0 Å². The molecule has 4 aromatic rings. The molecule has 3 N–H and O–H groups in total. The molecule has 2 fully saturated rings. The van der Waals surface area contributed by atoms with Crippen molar-refractivity contribution in [3.63, 3.8) is 0 Å². The van der Waals surface area contributed by atoms with Gasteiger partial charge in [-0.05, 0) is 48.2 Å². The lowest BCUT2D eigenvalue weighted by Gasteiger charge is -2.20. The van der Waals surface area contributed by atoms with Gasteiger partial charge in [0.05, 0.1) is 16.7 Å². The van der Waals surface area contributed by atoms with Crippen molar-refractivity contribution < 1.29 is 4.74 Å². The molecule has 1 saturated heterocycles. The van der Waals surface area contributed by atoms with Crippen LogP contribution < -0.4 is 20.7 Å². The Balaban J connectivity index is 1.26. The smallest absolute Gasteiger partial charge is 0.146 e. The highest BCUT2D eigenvalue weighted by Gasteiger charge is 2.53. The molecule has 32 heavy (non-hydrogen) atoms. The van der Waals surface area contributed by atoms with E-state index in [0.29, 0.717) is 34.5 Å². The summed E-state index contributed by atoms with van der Waals surface area (Å²) in [7, 11) is 0. The maximum Gasteiger partial charge on any atom is 0.146 e. The fourth-order valence-electron chi connectivity index (χ4n) is 4.39. The first kappa shape index (κ1) is 19.3. The van der Waals surface area contributed by atoms with Gasteiger partial charge < -0.3 is 20.7 Å². The minimum Gasteiger partial charge on any atom is -0.456 e. The number of anilines is 3. The molecule has 2 aromatic carbocycles. The maximum atomic E-state index is 6.48. The summed E-state index contributed by atoms with van der Waals surface area (Å²) in [6.45, 7) is 1.92. The summed E-state index contributed by atoms with van der Waals surface area (Å²) in [5, 5.41) is 4.78. The SMILES string of the molecule is NC1C2CN(c3cc4c(Nc5ccc(Oc6ccccc6)c(Cl)c5)ncnc4cn3)CC12. The lowest BCUT2D eigenvalue weighted by Crippen LogP contribution is -2.28. The molecule has 3 heterocycles. The van der Waals surface area contributed by atoms with E-state index in [-0.39, 0.29) is 0 Å². The van der Waals surface area contributed by atoms with Crippen LogP contribution in [-0.2, 0) is 0 Å². The van der Waals surface area contributed by atoms with Crippen LogP contribution in [0, 0.1) is 11.8 Å². The number of para-hydroxylation sites is 1.